The third kappa shape index (κ3) is 57.5. The molecule has 0 saturated carbocycles. The Bertz CT molecular complexity index is 1380. The molecule has 0 saturated heterocycles. The lowest BCUT2D eigenvalue weighted by atomic mass is 10.0. The molecule has 0 amide bonds. The second kappa shape index (κ2) is 60.1. The van der Waals surface area contributed by atoms with Gasteiger partial charge in [-0.2, -0.15) is 0 Å². The summed E-state index contributed by atoms with van der Waals surface area (Å²) in [5.41, 5.74) is 0. The van der Waals surface area contributed by atoms with Crippen LogP contribution in [0, 0.1) is 0 Å². The summed E-state index contributed by atoms with van der Waals surface area (Å²) in [6.07, 6.45) is 78.8. The maximum Gasteiger partial charge on any atom is 0.306 e. The molecular formula is C66H114O6. The fourth-order valence-electron chi connectivity index (χ4n) is 8.58. The Hall–Kier alpha value is -3.41. The minimum atomic E-state index is -0.809. The van der Waals surface area contributed by atoms with Crippen molar-refractivity contribution in [2.75, 3.05) is 13.2 Å². The molecule has 0 aromatic rings. The van der Waals surface area contributed by atoms with E-state index in [1.165, 1.54) is 173 Å². The standard InChI is InChI=1S/C66H114O6/c1-4-7-10-13-16-19-22-25-28-31-33-35-38-41-44-47-50-53-56-59-65(68)71-62-63(61-70-64(67)58-55-52-49-46-43-40-37-30-27-24-21-18-15-12-9-6-3)72-66(69)60-57-54-51-48-45-42-39-36-34-32-29-26-23-20-17-14-11-8-5-2/h7,10,16,19,25,28,32-35,41,44,50,53,63H,4-6,8-9,11-15,17-18,20-24,26-27,29-31,36-40,42-43,45-49,51-52,54-62H2,1-3H3/b10-7-,19-16-,28-25-,34-32-,35-33-,44-41-,53-50-/t63-/m1/s1. The number of hydrogen-bond acceptors (Lipinski definition) is 6. The normalized spacial score (nSPS) is 12.7. The highest BCUT2D eigenvalue weighted by atomic mass is 16.6. The number of unbranched alkanes of at least 4 members (excludes halogenated alkanes) is 30. The monoisotopic (exact) mass is 1000 g/mol. The van der Waals surface area contributed by atoms with Crippen molar-refractivity contribution in [2.24, 2.45) is 0 Å². The largest absolute Gasteiger partial charge is 0.462 e. The highest BCUT2D eigenvalue weighted by Gasteiger charge is 2.19. The van der Waals surface area contributed by atoms with Crippen LogP contribution in [0.25, 0.3) is 0 Å². The van der Waals surface area contributed by atoms with Gasteiger partial charge in [-0.05, 0) is 83.5 Å². The molecule has 0 heterocycles. The Labute approximate surface area is 445 Å². The molecule has 0 spiro atoms. The average molecular weight is 1000 g/mol. The van der Waals surface area contributed by atoms with Gasteiger partial charge in [0.05, 0.1) is 0 Å². The topological polar surface area (TPSA) is 78.9 Å². The van der Waals surface area contributed by atoms with E-state index in [2.05, 4.69) is 99.8 Å². The zero-order valence-electron chi connectivity index (χ0n) is 47.4. The quantitative estimate of drug-likeness (QED) is 0.0261. The van der Waals surface area contributed by atoms with Crippen LogP contribution in [0.15, 0.2) is 85.1 Å². The lowest BCUT2D eigenvalue weighted by molar-refractivity contribution is -0.166. The van der Waals surface area contributed by atoms with E-state index >= 15 is 0 Å². The lowest BCUT2D eigenvalue weighted by Crippen LogP contribution is -2.30. The minimum Gasteiger partial charge on any atom is -0.462 e. The van der Waals surface area contributed by atoms with Gasteiger partial charge in [0, 0.05) is 19.3 Å². The van der Waals surface area contributed by atoms with E-state index in [4.69, 9.17) is 14.2 Å². The molecule has 0 aliphatic heterocycles. The lowest BCUT2D eigenvalue weighted by Gasteiger charge is -2.18. The Morgan fingerprint density at radius 3 is 0.931 bits per heavy atom. The van der Waals surface area contributed by atoms with E-state index in [1.54, 1.807) is 0 Å². The van der Waals surface area contributed by atoms with Crippen LogP contribution in [0.2, 0.25) is 0 Å². The number of ether oxygens (including phenoxy) is 3. The second-order valence-electron chi connectivity index (χ2n) is 20.2. The maximum absolute atomic E-state index is 12.9. The SMILES string of the molecule is CC/C=C\C/C=C\C/C=C\C/C=C\C/C=C\C/C=C\CCC(=O)OC[C@@H](COC(=O)CCCCCCCCCCCCCCCCCC)OC(=O)CCCCCCCCC/C=C\CCCCCCCCCC. The van der Waals surface area contributed by atoms with Gasteiger partial charge in [0.15, 0.2) is 6.10 Å². The first-order valence-electron chi connectivity index (χ1n) is 30.6. The second-order valence-corrected chi connectivity index (χ2v) is 20.2. The molecule has 0 aromatic heterocycles. The zero-order chi connectivity index (χ0) is 52.2. The predicted octanol–water partition coefficient (Wildman–Crippen LogP) is 20.7. The Balaban J connectivity index is 4.48. The average Bonchev–Trinajstić information content (AvgIpc) is 3.38. The summed E-state index contributed by atoms with van der Waals surface area (Å²) in [6.45, 7) is 6.49. The smallest absolute Gasteiger partial charge is 0.306 e. The van der Waals surface area contributed by atoms with Gasteiger partial charge in [-0.25, -0.2) is 0 Å². The van der Waals surface area contributed by atoms with Gasteiger partial charge >= 0.3 is 17.9 Å². The van der Waals surface area contributed by atoms with Crippen LogP contribution in [0.5, 0.6) is 0 Å². The van der Waals surface area contributed by atoms with Crippen molar-refractivity contribution in [3.63, 3.8) is 0 Å². The van der Waals surface area contributed by atoms with Gasteiger partial charge in [0.25, 0.3) is 0 Å². The number of carbonyl (C=O) groups is 3. The highest BCUT2D eigenvalue weighted by molar-refractivity contribution is 5.71. The van der Waals surface area contributed by atoms with Crippen LogP contribution in [0.3, 0.4) is 0 Å². The molecule has 6 heteroatoms. The van der Waals surface area contributed by atoms with Crippen LogP contribution in [-0.2, 0) is 28.6 Å². The van der Waals surface area contributed by atoms with Crippen LogP contribution in [0.4, 0.5) is 0 Å². The number of carbonyl (C=O) groups excluding carboxylic acids is 3. The van der Waals surface area contributed by atoms with E-state index in [9.17, 15) is 14.4 Å². The van der Waals surface area contributed by atoms with Crippen molar-refractivity contribution in [3.05, 3.63) is 85.1 Å². The van der Waals surface area contributed by atoms with Crippen molar-refractivity contribution in [3.8, 4) is 0 Å². The van der Waals surface area contributed by atoms with Crippen LogP contribution in [0.1, 0.15) is 297 Å². The summed E-state index contributed by atoms with van der Waals surface area (Å²) in [4.78, 5) is 38.2. The van der Waals surface area contributed by atoms with Crippen LogP contribution >= 0.6 is 0 Å². The van der Waals surface area contributed by atoms with Crippen LogP contribution in [-0.4, -0.2) is 37.2 Å². The molecule has 0 fully saturated rings. The van der Waals surface area contributed by atoms with Crippen molar-refractivity contribution in [1.82, 2.24) is 0 Å². The van der Waals surface area contributed by atoms with E-state index in [1.807, 2.05) is 6.08 Å². The van der Waals surface area contributed by atoms with Gasteiger partial charge in [-0.15, -0.1) is 0 Å². The Kier molecular flexibility index (Phi) is 57.3. The van der Waals surface area contributed by atoms with Crippen molar-refractivity contribution in [1.29, 1.82) is 0 Å². The van der Waals surface area contributed by atoms with Gasteiger partial charge in [0.2, 0.25) is 0 Å². The molecule has 72 heavy (non-hydrogen) atoms. The summed E-state index contributed by atoms with van der Waals surface area (Å²) in [7, 11) is 0. The van der Waals surface area contributed by atoms with E-state index in [-0.39, 0.29) is 37.5 Å². The maximum atomic E-state index is 12.9. The summed E-state index contributed by atoms with van der Waals surface area (Å²) in [5, 5.41) is 0. The first kappa shape index (κ1) is 68.6. The summed E-state index contributed by atoms with van der Waals surface area (Å²) >= 11 is 0. The van der Waals surface area contributed by atoms with Crippen molar-refractivity contribution >= 4 is 17.9 Å². The summed E-state index contributed by atoms with van der Waals surface area (Å²) in [5.74, 6) is -0.980. The first-order chi connectivity index (χ1) is 35.5. The molecule has 0 aromatic carbocycles. The summed E-state index contributed by atoms with van der Waals surface area (Å²) < 4.78 is 16.8. The highest BCUT2D eigenvalue weighted by Crippen LogP contribution is 2.16. The van der Waals surface area contributed by atoms with Crippen LogP contribution < -0.4 is 0 Å². The molecule has 1 atom stereocenters. The first-order valence-corrected chi connectivity index (χ1v) is 30.6. The van der Waals surface area contributed by atoms with E-state index in [0.29, 0.717) is 19.3 Å². The molecule has 0 bridgehead atoms. The molecule has 0 N–H and O–H groups in total. The van der Waals surface area contributed by atoms with Crippen molar-refractivity contribution in [2.45, 2.75) is 303 Å². The molecule has 414 valence electrons. The molecular weight excluding hydrogens is 889 g/mol. The number of rotatable bonds is 55. The Morgan fingerprint density at radius 2 is 0.569 bits per heavy atom. The molecule has 0 radical (unpaired) electrons. The predicted molar refractivity (Wildman–Crippen MR) is 311 cm³/mol. The number of esters is 3. The van der Waals surface area contributed by atoms with E-state index in [0.717, 1.165) is 77.0 Å². The van der Waals surface area contributed by atoms with Crippen molar-refractivity contribution < 1.29 is 28.6 Å². The summed E-state index contributed by atoms with van der Waals surface area (Å²) in [6, 6.07) is 0. The molecule has 0 rings (SSSR count). The molecule has 0 aliphatic rings. The Morgan fingerprint density at radius 1 is 0.292 bits per heavy atom. The van der Waals surface area contributed by atoms with Gasteiger partial charge < -0.3 is 14.2 Å². The third-order valence-electron chi connectivity index (χ3n) is 13.1. The molecule has 0 aliphatic carbocycles. The fourth-order valence-corrected chi connectivity index (χ4v) is 8.58. The minimum absolute atomic E-state index is 0.0990. The van der Waals surface area contributed by atoms with E-state index < -0.39 is 6.10 Å². The number of allylic oxidation sites excluding steroid dienone is 14. The zero-order valence-corrected chi connectivity index (χ0v) is 47.4. The fraction of sp³-hybridized carbons (Fsp3) is 0.742. The van der Waals surface area contributed by atoms with Gasteiger partial charge in [-0.3, -0.25) is 14.4 Å². The molecule has 0 unspecified atom stereocenters. The van der Waals surface area contributed by atoms with Gasteiger partial charge in [-0.1, -0.05) is 279 Å². The number of hydrogen-bond donors (Lipinski definition) is 0. The molecule has 6 nitrogen and oxygen atoms in total. The van der Waals surface area contributed by atoms with Gasteiger partial charge in [0.1, 0.15) is 13.2 Å². The third-order valence-corrected chi connectivity index (χ3v) is 13.1.